The van der Waals surface area contributed by atoms with Gasteiger partial charge in [0.2, 0.25) is 10.0 Å². The Morgan fingerprint density at radius 2 is 2.00 bits per heavy atom. The smallest absolute Gasteiger partial charge is 0.339 e. The van der Waals surface area contributed by atoms with Crippen LogP contribution in [-0.4, -0.2) is 58.1 Å². The predicted molar refractivity (Wildman–Crippen MR) is 92.4 cm³/mol. The molecule has 0 saturated heterocycles. The number of pyridine rings is 1. The number of nitrogens with one attached hydrogen (secondary N) is 1. The van der Waals surface area contributed by atoms with Crippen LogP contribution in [0.25, 0.3) is 0 Å². The van der Waals surface area contributed by atoms with Crippen LogP contribution in [-0.2, 0) is 14.8 Å². The Balaban J connectivity index is 3.11. The van der Waals surface area contributed by atoms with E-state index in [1.54, 1.807) is 6.92 Å². The lowest BCUT2D eigenvalue weighted by molar-refractivity contribution is 0.0599. The van der Waals surface area contributed by atoms with E-state index < -0.39 is 16.0 Å². The quantitative estimate of drug-likeness (QED) is 0.743. The molecule has 136 valence electrons. The van der Waals surface area contributed by atoms with Gasteiger partial charge in [-0.1, -0.05) is 13.8 Å². The van der Waals surface area contributed by atoms with E-state index in [0.29, 0.717) is 5.69 Å². The molecule has 0 aliphatic heterocycles. The molecule has 7 nitrogen and oxygen atoms in total. The maximum absolute atomic E-state index is 12.6. The van der Waals surface area contributed by atoms with E-state index in [1.165, 1.54) is 19.4 Å². The van der Waals surface area contributed by atoms with Gasteiger partial charge in [-0.2, -0.15) is 0 Å². The first-order valence-electron chi connectivity index (χ1n) is 7.62. The maximum Gasteiger partial charge on any atom is 0.339 e. The molecule has 0 spiro atoms. The summed E-state index contributed by atoms with van der Waals surface area (Å²) in [5.74, 6) is -0.613. The normalized spacial score (nSPS) is 13.8. The third-order valence-corrected chi connectivity index (χ3v) is 5.51. The van der Waals surface area contributed by atoms with E-state index in [-0.39, 0.29) is 21.9 Å². The predicted octanol–water partition coefficient (Wildman–Crippen LogP) is 1.43. The van der Waals surface area contributed by atoms with Crippen molar-refractivity contribution in [1.82, 2.24) is 14.6 Å². The van der Waals surface area contributed by atoms with Crippen molar-refractivity contribution in [2.75, 3.05) is 27.7 Å². The molecular weight excluding hydrogens is 330 g/mol. The van der Waals surface area contributed by atoms with Gasteiger partial charge in [0, 0.05) is 18.8 Å². The highest BCUT2D eigenvalue weighted by Gasteiger charge is 2.31. The van der Waals surface area contributed by atoms with Crippen molar-refractivity contribution >= 4 is 16.0 Å². The first-order chi connectivity index (χ1) is 10.9. The number of methoxy groups -OCH3 is 1. The average molecular weight is 357 g/mol. The highest BCUT2D eigenvalue weighted by molar-refractivity contribution is 7.89. The average Bonchev–Trinajstić information content (AvgIpc) is 2.44. The maximum atomic E-state index is 12.6. The second-order valence-corrected chi connectivity index (χ2v) is 8.58. The molecule has 0 fully saturated rings. The molecule has 0 bridgehead atoms. The summed E-state index contributed by atoms with van der Waals surface area (Å²) in [6.07, 6.45) is 1.25. The first kappa shape index (κ1) is 20.5. The molecule has 0 aromatic carbocycles. The Labute approximate surface area is 144 Å². The molecule has 1 aromatic rings. The minimum Gasteiger partial charge on any atom is -0.465 e. The minimum atomic E-state index is -3.80. The van der Waals surface area contributed by atoms with E-state index in [4.69, 9.17) is 0 Å². The standard InChI is InChI=1S/C16H27N3O4S/c1-11-14(15(20)23-7)8-13(9-17-11)24(21,22)18-12(2)16(3,4)10-19(5)6/h8-9,12,18H,10H2,1-7H3/t12-/m0/s1. The molecule has 24 heavy (non-hydrogen) atoms. The fraction of sp³-hybridized carbons (Fsp3) is 0.625. The molecule has 0 amide bonds. The van der Waals surface area contributed by atoms with Crippen LogP contribution in [0.1, 0.15) is 36.8 Å². The number of esters is 1. The van der Waals surface area contributed by atoms with Crippen LogP contribution < -0.4 is 4.72 Å². The van der Waals surface area contributed by atoms with Gasteiger partial charge in [-0.25, -0.2) is 17.9 Å². The molecule has 1 N–H and O–H groups in total. The number of sulfonamides is 1. The van der Waals surface area contributed by atoms with Gasteiger partial charge in [0.25, 0.3) is 0 Å². The fourth-order valence-electron chi connectivity index (χ4n) is 2.39. The zero-order valence-electron chi connectivity index (χ0n) is 15.4. The number of rotatable bonds is 7. The molecule has 1 heterocycles. The monoisotopic (exact) mass is 357 g/mol. The van der Waals surface area contributed by atoms with Crippen LogP contribution in [0.3, 0.4) is 0 Å². The van der Waals surface area contributed by atoms with Crippen LogP contribution in [0.4, 0.5) is 0 Å². The van der Waals surface area contributed by atoms with E-state index in [0.717, 1.165) is 6.54 Å². The third kappa shape index (κ3) is 4.99. The summed E-state index contributed by atoms with van der Waals surface area (Å²) < 4.78 is 32.6. The van der Waals surface area contributed by atoms with Crippen molar-refractivity contribution in [2.45, 2.75) is 38.6 Å². The molecule has 1 atom stereocenters. The lowest BCUT2D eigenvalue weighted by atomic mass is 9.85. The fourth-order valence-corrected chi connectivity index (χ4v) is 3.77. The van der Waals surface area contributed by atoms with Crippen LogP contribution in [0.15, 0.2) is 17.2 Å². The van der Waals surface area contributed by atoms with Crippen LogP contribution in [0.2, 0.25) is 0 Å². The summed E-state index contributed by atoms with van der Waals surface area (Å²) in [4.78, 5) is 17.7. The van der Waals surface area contributed by atoms with Gasteiger partial charge in [0.15, 0.2) is 0 Å². The molecule has 0 saturated carbocycles. The Morgan fingerprint density at radius 1 is 1.42 bits per heavy atom. The highest BCUT2D eigenvalue weighted by atomic mass is 32.2. The van der Waals surface area contributed by atoms with Gasteiger partial charge in [-0.3, -0.25) is 4.98 Å². The summed E-state index contributed by atoms with van der Waals surface area (Å²) in [7, 11) is 1.32. The van der Waals surface area contributed by atoms with Crippen molar-refractivity contribution in [3.63, 3.8) is 0 Å². The Bertz CT molecular complexity index is 699. The Morgan fingerprint density at radius 3 is 2.50 bits per heavy atom. The van der Waals surface area contributed by atoms with Crippen LogP contribution >= 0.6 is 0 Å². The zero-order chi connectivity index (χ0) is 18.7. The first-order valence-corrected chi connectivity index (χ1v) is 9.11. The summed E-state index contributed by atoms with van der Waals surface area (Å²) in [5.41, 5.74) is 0.280. The molecule has 0 radical (unpaired) electrons. The number of carbonyl (C=O) groups excluding carboxylic acids is 1. The van der Waals surface area contributed by atoms with E-state index in [1.807, 2.05) is 39.8 Å². The van der Waals surface area contributed by atoms with Crippen molar-refractivity contribution in [2.24, 2.45) is 5.41 Å². The highest BCUT2D eigenvalue weighted by Crippen LogP contribution is 2.23. The second kappa shape index (κ2) is 7.58. The lowest BCUT2D eigenvalue weighted by Gasteiger charge is -2.34. The third-order valence-electron chi connectivity index (χ3n) is 4.01. The summed E-state index contributed by atoms with van der Waals surface area (Å²) in [6, 6.07) is 0.982. The number of hydrogen-bond donors (Lipinski definition) is 1. The summed E-state index contributed by atoms with van der Waals surface area (Å²) in [6.45, 7) is 8.15. The molecule has 1 rings (SSSR count). The van der Waals surface area contributed by atoms with Gasteiger partial charge >= 0.3 is 5.97 Å². The largest absolute Gasteiger partial charge is 0.465 e. The number of aromatic nitrogens is 1. The van der Waals surface area contributed by atoms with Crippen LogP contribution in [0, 0.1) is 12.3 Å². The lowest BCUT2D eigenvalue weighted by Crippen LogP contribution is -2.47. The summed E-state index contributed by atoms with van der Waals surface area (Å²) >= 11 is 0. The molecule has 0 aliphatic carbocycles. The van der Waals surface area contributed by atoms with E-state index in [2.05, 4.69) is 14.4 Å². The molecule has 1 aromatic heterocycles. The Hall–Kier alpha value is -1.51. The number of carbonyl (C=O) groups is 1. The topological polar surface area (TPSA) is 88.6 Å². The van der Waals surface area contributed by atoms with Crippen molar-refractivity contribution in [1.29, 1.82) is 0 Å². The second-order valence-electron chi connectivity index (χ2n) is 6.86. The number of aryl methyl sites for hydroxylation is 1. The van der Waals surface area contributed by atoms with Gasteiger partial charge in [0.05, 0.1) is 18.4 Å². The molecule has 8 heteroatoms. The SMILES string of the molecule is COC(=O)c1cc(S(=O)(=O)N[C@@H](C)C(C)(C)CN(C)C)cnc1C. The van der Waals surface area contributed by atoms with Gasteiger partial charge in [0.1, 0.15) is 4.90 Å². The van der Waals surface area contributed by atoms with Gasteiger partial charge in [-0.15, -0.1) is 0 Å². The van der Waals surface area contributed by atoms with Gasteiger partial charge < -0.3 is 9.64 Å². The number of nitrogens with zero attached hydrogens (tertiary/aromatic N) is 2. The van der Waals surface area contributed by atoms with Crippen LogP contribution in [0.5, 0.6) is 0 Å². The number of ether oxygens (including phenoxy) is 1. The zero-order valence-corrected chi connectivity index (χ0v) is 16.2. The minimum absolute atomic E-state index is 0.0546. The molecular formula is C16H27N3O4S. The van der Waals surface area contributed by atoms with E-state index >= 15 is 0 Å². The van der Waals surface area contributed by atoms with E-state index in [9.17, 15) is 13.2 Å². The van der Waals surface area contributed by atoms with Crippen molar-refractivity contribution < 1.29 is 17.9 Å². The van der Waals surface area contributed by atoms with Crippen molar-refractivity contribution in [3.8, 4) is 0 Å². The number of hydrogen-bond acceptors (Lipinski definition) is 6. The Kier molecular flexibility index (Phi) is 6.49. The molecule has 0 unspecified atom stereocenters. The molecule has 0 aliphatic rings. The summed E-state index contributed by atoms with van der Waals surface area (Å²) in [5, 5.41) is 0. The van der Waals surface area contributed by atoms with Crippen molar-refractivity contribution in [3.05, 3.63) is 23.5 Å². The van der Waals surface area contributed by atoms with Gasteiger partial charge in [-0.05, 0) is 39.4 Å².